The Morgan fingerprint density at radius 3 is 2.20 bits per heavy atom. The molecule has 2 nitrogen and oxygen atoms in total. The van der Waals surface area contributed by atoms with Crippen LogP contribution in [0, 0.1) is 5.41 Å². The SMILES string of the molecule is CC(C)(C)CCCCOO. The van der Waals surface area contributed by atoms with E-state index < -0.39 is 0 Å². The Kier molecular flexibility index (Phi) is 4.65. The van der Waals surface area contributed by atoms with Crippen molar-refractivity contribution in [2.75, 3.05) is 6.61 Å². The Hall–Kier alpha value is -0.0800. The third-order valence-electron chi connectivity index (χ3n) is 1.41. The van der Waals surface area contributed by atoms with E-state index in [1.165, 1.54) is 6.42 Å². The molecule has 0 atom stereocenters. The molecule has 0 aromatic carbocycles. The molecule has 0 aliphatic rings. The lowest BCUT2D eigenvalue weighted by molar-refractivity contribution is -0.242. The first-order chi connectivity index (χ1) is 4.56. The number of unbranched alkanes of at least 4 members (excludes halogenated alkanes) is 1. The molecule has 0 aliphatic carbocycles. The van der Waals surface area contributed by atoms with Gasteiger partial charge in [0.15, 0.2) is 0 Å². The van der Waals surface area contributed by atoms with Gasteiger partial charge in [0.25, 0.3) is 0 Å². The summed E-state index contributed by atoms with van der Waals surface area (Å²) in [6, 6.07) is 0. The minimum atomic E-state index is 0.412. The molecule has 2 heteroatoms. The van der Waals surface area contributed by atoms with E-state index in [1.54, 1.807) is 0 Å². The lowest BCUT2D eigenvalue weighted by Gasteiger charge is -2.16. The van der Waals surface area contributed by atoms with Gasteiger partial charge in [0, 0.05) is 0 Å². The minimum absolute atomic E-state index is 0.412. The van der Waals surface area contributed by atoms with Gasteiger partial charge in [0.2, 0.25) is 0 Å². The Labute approximate surface area is 63.1 Å². The van der Waals surface area contributed by atoms with Gasteiger partial charge in [-0.3, -0.25) is 5.26 Å². The summed E-state index contributed by atoms with van der Waals surface area (Å²) in [5.74, 6) is 0. The van der Waals surface area contributed by atoms with E-state index in [-0.39, 0.29) is 0 Å². The Bertz CT molecular complexity index is 73.8. The fraction of sp³-hybridized carbons (Fsp3) is 1.00. The summed E-state index contributed by atoms with van der Waals surface area (Å²) in [5.41, 5.74) is 0.412. The van der Waals surface area contributed by atoms with Crippen molar-refractivity contribution in [3.05, 3.63) is 0 Å². The van der Waals surface area contributed by atoms with Crippen molar-refractivity contribution in [2.24, 2.45) is 5.41 Å². The lowest BCUT2D eigenvalue weighted by Crippen LogP contribution is -2.04. The molecule has 1 N–H and O–H groups in total. The highest BCUT2D eigenvalue weighted by atomic mass is 17.1. The second kappa shape index (κ2) is 4.69. The van der Waals surface area contributed by atoms with Crippen molar-refractivity contribution in [2.45, 2.75) is 40.0 Å². The van der Waals surface area contributed by atoms with Crippen molar-refractivity contribution < 1.29 is 10.1 Å². The molecule has 0 aromatic rings. The zero-order valence-corrected chi connectivity index (χ0v) is 7.18. The van der Waals surface area contributed by atoms with Gasteiger partial charge in [-0.1, -0.05) is 27.2 Å². The van der Waals surface area contributed by atoms with E-state index in [2.05, 4.69) is 25.7 Å². The quantitative estimate of drug-likeness (QED) is 0.375. The highest BCUT2D eigenvalue weighted by Gasteiger charge is 2.08. The second-order valence-electron chi connectivity index (χ2n) is 3.85. The van der Waals surface area contributed by atoms with Crippen LogP contribution in [-0.2, 0) is 4.89 Å². The van der Waals surface area contributed by atoms with E-state index >= 15 is 0 Å². The number of hydrogen-bond acceptors (Lipinski definition) is 2. The normalized spacial score (nSPS) is 12.0. The van der Waals surface area contributed by atoms with Crippen molar-refractivity contribution in [1.29, 1.82) is 0 Å². The Morgan fingerprint density at radius 2 is 1.80 bits per heavy atom. The van der Waals surface area contributed by atoms with Crippen molar-refractivity contribution >= 4 is 0 Å². The average Bonchev–Trinajstić information content (AvgIpc) is 1.78. The molecule has 0 saturated heterocycles. The smallest absolute Gasteiger partial charge is 0.0819 e. The molecule has 0 fully saturated rings. The van der Waals surface area contributed by atoms with Crippen LogP contribution in [0.15, 0.2) is 0 Å². The molecule has 0 bridgehead atoms. The monoisotopic (exact) mass is 146 g/mol. The maximum Gasteiger partial charge on any atom is 0.0819 e. The fourth-order valence-electron chi connectivity index (χ4n) is 0.822. The zero-order chi connectivity index (χ0) is 8.04. The van der Waals surface area contributed by atoms with E-state index in [9.17, 15) is 0 Å². The van der Waals surface area contributed by atoms with Gasteiger partial charge in [0.1, 0.15) is 0 Å². The van der Waals surface area contributed by atoms with Crippen LogP contribution < -0.4 is 0 Å². The molecule has 0 heterocycles. The maximum atomic E-state index is 8.00. The summed E-state index contributed by atoms with van der Waals surface area (Å²) >= 11 is 0. The second-order valence-corrected chi connectivity index (χ2v) is 3.85. The van der Waals surface area contributed by atoms with Crippen LogP contribution in [0.5, 0.6) is 0 Å². The van der Waals surface area contributed by atoms with Gasteiger partial charge in [-0.2, -0.15) is 0 Å². The molecule has 0 unspecified atom stereocenters. The van der Waals surface area contributed by atoms with Crippen LogP contribution in [0.3, 0.4) is 0 Å². The predicted octanol–water partition coefficient (Wildman–Crippen LogP) is 2.69. The Balaban J connectivity index is 3.04. The molecular formula is C8H18O2. The van der Waals surface area contributed by atoms with Crippen LogP contribution in [0.4, 0.5) is 0 Å². The highest BCUT2D eigenvalue weighted by molar-refractivity contribution is 4.60. The molecule has 0 aliphatic heterocycles. The van der Waals surface area contributed by atoms with Crippen LogP contribution >= 0.6 is 0 Å². The zero-order valence-electron chi connectivity index (χ0n) is 7.18. The van der Waals surface area contributed by atoms with Gasteiger partial charge >= 0.3 is 0 Å². The van der Waals surface area contributed by atoms with Gasteiger partial charge in [-0.05, 0) is 18.3 Å². The number of hydrogen-bond donors (Lipinski definition) is 1. The summed E-state index contributed by atoms with van der Waals surface area (Å²) < 4.78 is 0. The minimum Gasteiger partial charge on any atom is -0.252 e. The molecule has 0 radical (unpaired) electrons. The molecule has 10 heavy (non-hydrogen) atoms. The van der Waals surface area contributed by atoms with E-state index in [0.717, 1.165) is 12.8 Å². The summed E-state index contributed by atoms with van der Waals surface area (Å²) in [7, 11) is 0. The number of rotatable bonds is 4. The first-order valence-electron chi connectivity index (χ1n) is 3.82. The third-order valence-corrected chi connectivity index (χ3v) is 1.41. The molecule has 0 rings (SSSR count). The van der Waals surface area contributed by atoms with E-state index in [1.807, 2.05) is 0 Å². The molecule has 0 aromatic heterocycles. The summed E-state index contributed by atoms with van der Waals surface area (Å²) in [6.07, 6.45) is 3.27. The van der Waals surface area contributed by atoms with Crippen LogP contribution in [0.25, 0.3) is 0 Å². The van der Waals surface area contributed by atoms with E-state index in [0.29, 0.717) is 12.0 Å². The summed E-state index contributed by atoms with van der Waals surface area (Å²) in [4.78, 5) is 3.96. The van der Waals surface area contributed by atoms with Crippen LogP contribution in [0.1, 0.15) is 40.0 Å². The first kappa shape index (κ1) is 9.92. The van der Waals surface area contributed by atoms with Crippen molar-refractivity contribution in [3.63, 3.8) is 0 Å². The largest absolute Gasteiger partial charge is 0.252 e. The van der Waals surface area contributed by atoms with E-state index in [4.69, 9.17) is 5.26 Å². The third kappa shape index (κ3) is 7.92. The summed E-state index contributed by atoms with van der Waals surface area (Å²) in [5, 5.41) is 8.00. The maximum absolute atomic E-state index is 8.00. The predicted molar refractivity (Wildman–Crippen MR) is 41.9 cm³/mol. The van der Waals surface area contributed by atoms with Crippen LogP contribution in [0.2, 0.25) is 0 Å². The molecule has 0 spiro atoms. The first-order valence-corrected chi connectivity index (χ1v) is 3.82. The van der Waals surface area contributed by atoms with Gasteiger partial charge in [-0.15, -0.1) is 0 Å². The van der Waals surface area contributed by atoms with Gasteiger partial charge in [-0.25, -0.2) is 4.89 Å². The Morgan fingerprint density at radius 1 is 1.20 bits per heavy atom. The van der Waals surface area contributed by atoms with Gasteiger partial charge in [0.05, 0.1) is 6.61 Å². The topological polar surface area (TPSA) is 29.5 Å². The summed E-state index contributed by atoms with van der Waals surface area (Å²) in [6.45, 7) is 7.11. The van der Waals surface area contributed by atoms with Gasteiger partial charge < -0.3 is 0 Å². The highest BCUT2D eigenvalue weighted by Crippen LogP contribution is 2.21. The molecule has 0 amide bonds. The van der Waals surface area contributed by atoms with Crippen molar-refractivity contribution in [1.82, 2.24) is 0 Å². The molecular weight excluding hydrogens is 128 g/mol. The fourth-order valence-corrected chi connectivity index (χ4v) is 0.822. The molecule has 62 valence electrons. The standard InChI is InChI=1S/C8H18O2/c1-8(2,3)6-4-5-7-10-9/h9H,4-7H2,1-3H3. The van der Waals surface area contributed by atoms with Crippen molar-refractivity contribution in [3.8, 4) is 0 Å². The van der Waals surface area contributed by atoms with Crippen LogP contribution in [-0.4, -0.2) is 11.9 Å². The molecule has 0 saturated carbocycles. The lowest BCUT2D eigenvalue weighted by atomic mass is 9.90. The average molecular weight is 146 g/mol.